The highest BCUT2D eigenvalue weighted by Crippen LogP contribution is 2.34. The van der Waals surface area contributed by atoms with Crippen molar-refractivity contribution in [3.8, 4) is 22.9 Å². The Morgan fingerprint density at radius 3 is 2.50 bits per heavy atom. The van der Waals surface area contributed by atoms with Crippen LogP contribution in [0, 0.1) is 13.8 Å². The normalized spacial score (nSPS) is 11.3. The van der Waals surface area contributed by atoms with Gasteiger partial charge in [-0.1, -0.05) is 60.1 Å². The molecule has 1 amide bonds. The first-order valence-electron chi connectivity index (χ1n) is 14.2. The molecule has 5 rings (SSSR count). The van der Waals surface area contributed by atoms with Crippen molar-refractivity contribution in [1.29, 1.82) is 0 Å². The van der Waals surface area contributed by atoms with Crippen LogP contribution in [0.2, 0.25) is 0 Å². The number of halogens is 1. The van der Waals surface area contributed by atoms with Gasteiger partial charge in [0, 0.05) is 21.3 Å². The lowest BCUT2D eigenvalue weighted by Crippen LogP contribution is -2.21. The molecule has 0 aliphatic carbocycles. The molecule has 0 saturated carbocycles. The summed E-state index contributed by atoms with van der Waals surface area (Å²) in [5.74, 6) is 1.50. The second-order valence-electron chi connectivity index (χ2n) is 10.7. The number of ether oxygens (including phenoxy) is 2. The van der Waals surface area contributed by atoms with Gasteiger partial charge in [0.25, 0.3) is 11.5 Å². The molecule has 224 valence electrons. The number of aromatic nitrogens is 2. The second kappa shape index (κ2) is 13.3. The summed E-state index contributed by atoms with van der Waals surface area (Å²) in [5.41, 5.74) is 5.18. The molecule has 1 aromatic heterocycles. The van der Waals surface area contributed by atoms with Crippen LogP contribution in [0.15, 0.2) is 93.2 Å². The van der Waals surface area contributed by atoms with Crippen molar-refractivity contribution in [3.63, 3.8) is 0 Å². The highest BCUT2D eigenvalue weighted by atomic mass is 79.9. The SMILES string of the molecule is COc1cc(C)c(-c2nc3ccccc3c(=O)n2N=Cc2cc(Br)ccc2OCC(=O)Nc2ccccc2C)cc1C(C)C. The van der Waals surface area contributed by atoms with Crippen molar-refractivity contribution in [2.24, 2.45) is 5.10 Å². The van der Waals surface area contributed by atoms with Gasteiger partial charge in [0.2, 0.25) is 0 Å². The summed E-state index contributed by atoms with van der Waals surface area (Å²) in [4.78, 5) is 31.4. The van der Waals surface area contributed by atoms with Crippen molar-refractivity contribution in [1.82, 2.24) is 9.66 Å². The molecule has 0 spiro atoms. The molecule has 0 unspecified atom stereocenters. The summed E-state index contributed by atoms with van der Waals surface area (Å²) in [7, 11) is 1.65. The number of amides is 1. The first-order chi connectivity index (χ1) is 21.2. The molecular formula is C35H33BrN4O4. The van der Waals surface area contributed by atoms with Crippen molar-refractivity contribution in [2.75, 3.05) is 19.0 Å². The Morgan fingerprint density at radius 1 is 1.00 bits per heavy atom. The van der Waals surface area contributed by atoms with Crippen LogP contribution in [0.5, 0.6) is 11.5 Å². The molecule has 4 aromatic carbocycles. The van der Waals surface area contributed by atoms with Gasteiger partial charge in [-0.15, -0.1) is 0 Å². The summed E-state index contributed by atoms with van der Waals surface area (Å²) in [5, 5.41) is 7.98. The summed E-state index contributed by atoms with van der Waals surface area (Å²) >= 11 is 3.51. The highest BCUT2D eigenvalue weighted by molar-refractivity contribution is 9.10. The van der Waals surface area contributed by atoms with Crippen molar-refractivity contribution >= 4 is 44.6 Å². The minimum Gasteiger partial charge on any atom is -0.496 e. The van der Waals surface area contributed by atoms with Crippen LogP contribution in [0.3, 0.4) is 0 Å². The van der Waals surface area contributed by atoms with Gasteiger partial charge in [-0.05, 0) is 85.0 Å². The number of carbonyl (C=O) groups excluding carboxylic acids is 1. The van der Waals surface area contributed by atoms with E-state index in [4.69, 9.17) is 14.5 Å². The van der Waals surface area contributed by atoms with E-state index in [-0.39, 0.29) is 24.0 Å². The molecule has 1 heterocycles. The predicted molar refractivity (Wildman–Crippen MR) is 179 cm³/mol. The zero-order chi connectivity index (χ0) is 31.4. The van der Waals surface area contributed by atoms with Gasteiger partial charge in [-0.3, -0.25) is 9.59 Å². The molecule has 0 bridgehead atoms. The molecule has 1 N–H and O–H groups in total. The van der Waals surface area contributed by atoms with Crippen LogP contribution in [0.1, 0.15) is 42.0 Å². The topological polar surface area (TPSA) is 94.8 Å². The van der Waals surface area contributed by atoms with Gasteiger partial charge >= 0.3 is 0 Å². The number of hydrogen-bond acceptors (Lipinski definition) is 6. The number of hydrogen-bond donors (Lipinski definition) is 1. The third-order valence-electron chi connectivity index (χ3n) is 7.26. The summed E-state index contributed by atoms with van der Waals surface area (Å²) < 4.78 is 13.7. The van der Waals surface area contributed by atoms with E-state index >= 15 is 0 Å². The van der Waals surface area contributed by atoms with E-state index in [1.807, 2.05) is 74.5 Å². The number of anilines is 1. The van der Waals surface area contributed by atoms with Crippen LogP contribution >= 0.6 is 15.9 Å². The largest absolute Gasteiger partial charge is 0.496 e. The van der Waals surface area contributed by atoms with Gasteiger partial charge in [0.15, 0.2) is 12.4 Å². The van der Waals surface area contributed by atoms with E-state index < -0.39 is 0 Å². The van der Waals surface area contributed by atoms with E-state index in [1.54, 1.807) is 31.5 Å². The number of carbonyl (C=O) groups is 1. The van der Waals surface area contributed by atoms with Gasteiger partial charge in [0.05, 0.1) is 24.2 Å². The predicted octanol–water partition coefficient (Wildman–Crippen LogP) is 7.47. The number of para-hydroxylation sites is 2. The first-order valence-corrected chi connectivity index (χ1v) is 15.0. The molecule has 0 aliphatic rings. The van der Waals surface area contributed by atoms with Crippen LogP contribution < -0.4 is 20.3 Å². The lowest BCUT2D eigenvalue weighted by atomic mass is 9.96. The van der Waals surface area contributed by atoms with Crippen LogP contribution in [0.25, 0.3) is 22.3 Å². The van der Waals surface area contributed by atoms with E-state index in [9.17, 15) is 9.59 Å². The number of methoxy groups -OCH3 is 1. The molecular weight excluding hydrogens is 620 g/mol. The second-order valence-corrected chi connectivity index (χ2v) is 11.6. The Labute approximate surface area is 264 Å². The maximum absolute atomic E-state index is 13.9. The molecule has 9 heteroatoms. The van der Waals surface area contributed by atoms with E-state index in [0.717, 1.165) is 38.2 Å². The summed E-state index contributed by atoms with van der Waals surface area (Å²) in [6.45, 7) is 7.86. The monoisotopic (exact) mass is 652 g/mol. The van der Waals surface area contributed by atoms with Gasteiger partial charge in [-0.25, -0.2) is 4.98 Å². The molecule has 0 fully saturated rings. The quantitative estimate of drug-likeness (QED) is 0.167. The molecule has 8 nitrogen and oxygen atoms in total. The minimum atomic E-state index is -0.307. The molecule has 0 saturated heterocycles. The number of aryl methyl sites for hydroxylation is 2. The smallest absolute Gasteiger partial charge is 0.282 e. The number of benzene rings is 4. The Kier molecular flexibility index (Phi) is 9.25. The Hall–Kier alpha value is -4.76. The minimum absolute atomic E-state index is 0.179. The van der Waals surface area contributed by atoms with E-state index in [2.05, 4.69) is 40.2 Å². The standard InChI is InChI=1S/C35H33BrN4O4/c1-21(2)27-18-28(23(4)16-32(27)43-5)34-39-30-13-9-7-11-26(30)35(42)40(34)37-19-24-17-25(36)14-15-31(24)44-20-33(41)38-29-12-8-6-10-22(29)3/h6-19,21H,20H2,1-5H3,(H,38,41). The van der Waals surface area contributed by atoms with Gasteiger partial charge in [-0.2, -0.15) is 9.78 Å². The highest BCUT2D eigenvalue weighted by Gasteiger charge is 2.18. The van der Waals surface area contributed by atoms with Gasteiger partial charge < -0.3 is 14.8 Å². The maximum Gasteiger partial charge on any atom is 0.282 e. The lowest BCUT2D eigenvalue weighted by Gasteiger charge is -2.17. The Bertz CT molecular complexity index is 1950. The molecule has 0 radical (unpaired) electrons. The fourth-order valence-corrected chi connectivity index (χ4v) is 5.27. The molecule has 0 aliphatic heterocycles. The van der Waals surface area contributed by atoms with Crippen LogP contribution in [-0.2, 0) is 4.79 Å². The maximum atomic E-state index is 13.9. The summed E-state index contributed by atoms with van der Waals surface area (Å²) in [6.07, 6.45) is 1.54. The van der Waals surface area contributed by atoms with Crippen LogP contribution in [-0.4, -0.2) is 35.5 Å². The number of nitrogens with one attached hydrogen (secondary N) is 1. The fourth-order valence-electron chi connectivity index (χ4n) is 4.89. The fraction of sp³-hybridized carbons (Fsp3) is 0.200. The third kappa shape index (κ3) is 6.58. The first kappa shape index (κ1) is 30.7. The average molecular weight is 654 g/mol. The van der Waals surface area contributed by atoms with Gasteiger partial charge in [0.1, 0.15) is 11.5 Å². The van der Waals surface area contributed by atoms with Crippen LogP contribution in [0.4, 0.5) is 5.69 Å². The average Bonchev–Trinajstić information content (AvgIpc) is 3.01. The molecule has 44 heavy (non-hydrogen) atoms. The van der Waals surface area contributed by atoms with E-state index in [1.165, 1.54) is 4.68 Å². The zero-order valence-corrected chi connectivity index (χ0v) is 26.8. The molecule has 0 atom stereocenters. The number of fused-ring (bicyclic) bond motifs is 1. The van der Waals surface area contributed by atoms with Crippen molar-refractivity contribution in [3.05, 3.63) is 116 Å². The summed E-state index contributed by atoms with van der Waals surface area (Å²) in [6, 6.07) is 24.1. The molecule has 5 aromatic rings. The number of rotatable bonds is 9. The Morgan fingerprint density at radius 2 is 1.75 bits per heavy atom. The Balaban J connectivity index is 1.55. The lowest BCUT2D eigenvalue weighted by molar-refractivity contribution is -0.118. The van der Waals surface area contributed by atoms with Crippen molar-refractivity contribution in [2.45, 2.75) is 33.6 Å². The zero-order valence-electron chi connectivity index (χ0n) is 25.2. The van der Waals surface area contributed by atoms with E-state index in [0.29, 0.717) is 28.0 Å². The third-order valence-corrected chi connectivity index (χ3v) is 7.75. The van der Waals surface area contributed by atoms with Crippen molar-refractivity contribution < 1.29 is 14.3 Å². The number of nitrogens with zero attached hydrogens (tertiary/aromatic N) is 3.